The van der Waals surface area contributed by atoms with Crippen molar-refractivity contribution in [1.82, 2.24) is 0 Å². The molecule has 2 nitrogen and oxygen atoms in total. The molecule has 0 bridgehead atoms. The van der Waals surface area contributed by atoms with E-state index >= 15 is 0 Å². The largest absolute Gasteiger partial charge is 0.373 e. The van der Waals surface area contributed by atoms with E-state index in [2.05, 4.69) is 12.1 Å². The van der Waals surface area contributed by atoms with Crippen LogP contribution in [-0.2, 0) is 11.2 Å². The number of rotatable bonds is 6. The number of hydrogen-bond donors (Lipinski definition) is 0. The number of hydrogen-bond acceptors (Lipinski definition) is 3. The standard InChI is InChI=1S/C16H18O2S/c1-12-10-15(13(2)19-12)16(17)11-18-9-8-14-6-4-3-5-7-14/h3-7,10H,8-9,11H2,1-2H3. The van der Waals surface area contributed by atoms with Crippen molar-refractivity contribution in [2.45, 2.75) is 20.3 Å². The van der Waals surface area contributed by atoms with Crippen LogP contribution in [0.5, 0.6) is 0 Å². The van der Waals surface area contributed by atoms with E-state index in [-0.39, 0.29) is 12.4 Å². The van der Waals surface area contributed by atoms with E-state index in [1.54, 1.807) is 11.3 Å². The first-order valence-electron chi connectivity index (χ1n) is 6.38. The normalized spacial score (nSPS) is 10.6. The lowest BCUT2D eigenvalue weighted by Gasteiger charge is -2.04. The van der Waals surface area contributed by atoms with Gasteiger partial charge in [0, 0.05) is 15.3 Å². The Morgan fingerprint density at radius 3 is 2.58 bits per heavy atom. The van der Waals surface area contributed by atoms with Gasteiger partial charge in [0.05, 0.1) is 6.61 Å². The van der Waals surface area contributed by atoms with Crippen LogP contribution >= 0.6 is 11.3 Å². The Bertz CT molecular complexity index is 543. The number of carbonyl (C=O) groups is 1. The highest BCUT2D eigenvalue weighted by Gasteiger charge is 2.11. The molecule has 0 N–H and O–H groups in total. The summed E-state index contributed by atoms with van der Waals surface area (Å²) in [5.74, 6) is 0.0786. The van der Waals surface area contributed by atoms with E-state index in [4.69, 9.17) is 4.74 Å². The molecule has 0 saturated carbocycles. The van der Waals surface area contributed by atoms with Gasteiger partial charge in [0.25, 0.3) is 0 Å². The fraction of sp³-hybridized carbons (Fsp3) is 0.312. The van der Waals surface area contributed by atoms with Gasteiger partial charge in [-0.25, -0.2) is 0 Å². The average Bonchev–Trinajstić information content (AvgIpc) is 2.75. The third kappa shape index (κ3) is 4.01. The summed E-state index contributed by atoms with van der Waals surface area (Å²) >= 11 is 1.66. The van der Waals surface area contributed by atoms with Gasteiger partial charge in [-0.2, -0.15) is 0 Å². The predicted molar refractivity (Wildman–Crippen MR) is 79.1 cm³/mol. The highest BCUT2D eigenvalue weighted by molar-refractivity contribution is 7.12. The van der Waals surface area contributed by atoms with Crippen LogP contribution in [0.15, 0.2) is 36.4 Å². The molecule has 0 radical (unpaired) electrons. The topological polar surface area (TPSA) is 26.3 Å². The van der Waals surface area contributed by atoms with Gasteiger partial charge in [-0.1, -0.05) is 30.3 Å². The van der Waals surface area contributed by atoms with E-state index < -0.39 is 0 Å². The molecule has 0 aliphatic heterocycles. The molecule has 0 fully saturated rings. The third-order valence-corrected chi connectivity index (χ3v) is 3.92. The summed E-state index contributed by atoms with van der Waals surface area (Å²) in [6.07, 6.45) is 0.843. The van der Waals surface area contributed by atoms with Crippen LogP contribution in [0.3, 0.4) is 0 Å². The van der Waals surface area contributed by atoms with Gasteiger partial charge in [-0.05, 0) is 31.9 Å². The number of aryl methyl sites for hydroxylation is 2. The van der Waals surface area contributed by atoms with Gasteiger partial charge in [0.2, 0.25) is 0 Å². The average molecular weight is 274 g/mol. The maximum absolute atomic E-state index is 12.0. The number of thiophene rings is 1. The summed E-state index contributed by atoms with van der Waals surface area (Å²) in [5, 5.41) is 0. The van der Waals surface area contributed by atoms with Crippen molar-refractivity contribution in [3.8, 4) is 0 Å². The van der Waals surface area contributed by atoms with Gasteiger partial charge in [0.1, 0.15) is 6.61 Å². The van der Waals surface area contributed by atoms with Gasteiger partial charge in [-0.15, -0.1) is 11.3 Å². The molecule has 0 unspecified atom stereocenters. The number of ether oxygens (including phenoxy) is 1. The van der Waals surface area contributed by atoms with Crippen molar-refractivity contribution in [3.63, 3.8) is 0 Å². The van der Waals surface area contributed by atoms with Crippen LogP contribution in [-0.4, -0.2) is 19.0 Å². The second-order valence-electron chi connectivity index (χ2n) is 4.54. The van der Waals surface area contributed by atoms with Crippen molar-refractivity contribution in [3.05, 3.63) is 57.3 Å². The van der Waals surface area contributed by atoms with Gasteiger partial charge in [-0.3, -0.25) is 4.79 Å². The molecule has 0 aliphatic rings. The fourth-order valence-corrected chi connectivity index (χ4v) is 2.93. The molecular formula is C16H18O2S. The van der Waals surface area contributed by atoms with Crippen molar-refractivity contribution >= 4 is 17.1 Å². The third-order valence-electron chi connectivity index (χ3n) is 2.95. The van der Waals surface area contributed by atoms with Crippen LogP contribution < -0.4 is 0 Å². The molecule has 2 aromatic rings. The molecule has 3 heteroatoms. The molecule has 0 spiro atoms. The monoisotopic (exact) mass is 274 g/mol. The molecule has 100 valence electrons. The summed E-state index contributed by atoms with van der Waals surface area (Å²) in [5.41, 5.74) is 2.04. The van der Waals surface area contributed by atoms with Crippen LogP contribution in [0.1, 0.15) is 25.7 Å². The summed E-state index contributed by atoms with van der Waals surface area (Å²) < 4.78 is 5.47. The Kier molecular flexibility index (Phi) is 4.88. The summed E-state index contributed by atoms with van der Waals surface area (Å²) in [6, 6.07) is 12.1. The molecule has 0 amide bonds. The minimum absolute atomic E-state index is 0.0786. The lowest BCUT2D eigenvalue weighted by molar-refractivity contribution is 0.0765. The Morgan fingerprint density at radius 2 is 1.95 bits per heavy atom. The van der Waals surface area contributed by atoms with E-state index in [0.29, 0.717) is 6.61 Å². The summed E-state index contributed by atoms with van der Waals surface area (Å²) in [7, 11) is 0. The molecule has 0 saturated heterocycles. The Labute approximate surface area is 118 Å². The number of Topliss-reactive ketones (excluding diaryl/α,β-unsaturated/α-hetero) is 1. The van der Waals surface area contributed by atoms with Gasteiger partial charge in [0.15, 0.2) is 5.78 Å². The van der Waals surface area contributed by atoms with Crippen molar-refractivity contribution in [2.24, 2.45) is 0 Å². The van der Waals surface area contributed by atoms with Crippen LogP contribution in [0.2, 0.25) is 0 Å². The zero-order valence-corrected chi connectivity index (χ0v) is 12.1. The van der Waals surface area contributed by atoms with E-state index in [1.807, 2.05) is 38.1 Å². The lowest BCUT2D eigenvalue weighted by atomic mass is 10.1. The second kappa shape index (κ2) is 6.64. The Balaban J connectivity index is 1.77. The minimum Gasteiger partial charge on any atom is -0.373 e. The first-order chi connectivity index (χ1) is 9.16. The van der Waals surface area contributed by atoms with Gasteiger partial charge >= 0.3 is 0 Å². The minimum atomic E-state index is 0.0786. The maximum Gasteiger partial charge on any atom is 0.189 e. The quantitative estimate of drug-likeness (QED) is 0.591. The lowest BCUT2D eigenvalue weighted by Crippen LogP contribution is -2.11. The first-order valence-corrected chi connectivity index (χ1v) is 7.20. The zero-order chi connectivity index (χ0) is 13.7. The SMILES string of the molecule is Cc1cc(C(=O)COCCc2ccccc2)c(C)s1. The molecule has 1 aromatic carbocycles. The van der Waals surface area contributed by atoms with Crippen LogP contribution in [0, 0.1) is 13.8 Å². The second-order valence-corrected chi connectivity index (χ2v) is 6.00. The van der Waals surface area contributed by atoms with E-state index in [1.165, 1.54) is 10.4 Å². The highest BCUT2D eigenvalue weighted by Crippen LogP contribution is 2.20. The molecule has 1 heterocycles. The van der Waals surface area contributed by atoms with E-state index in [9.17, 15) is 4.79 Å². The zero-order valence-electron chi connectivity index (χ0n) is 11.3. The Hall–Kier alpha value is -1.45. The molecule has 1 aromatic heterocycles. The molecular weight excluding hydrogens is 256 g/mol. The molecule has 2 rings (SSSR count). The number of carbonyl (C=O) groups excluding carboxylic acids is 1. The smallest absolute Gasteiger partial charge is 0.189 e. The van der Waals surface area contributed by atoms with Gasteiger partial charge < -0.3 is 4.74 Å². The summed E-state index contributed by atoms with van der Waals surface area (Å²) in [6.45, 7) is 4.75. The Morgan fingerprint density at radius 1 is 1.21 bits per heavy atom. The van der Waals surface area contributed by atoms with Crippen molar-refractivity contribution in [2.75, 3.05) is 13.2 Å². The molecule has 19 heavy (non-hydrogen) atoms. The van der Waals surface area contributed by atoms with Crippen LogP contribution in [0.25, 0.3) is 0 Å². The fourth-order valence-electron chi connectivity index (χ4n) is 1.98. The highest BCUT2D eigenvalue weighted by atomic mass is 32.1. The predicted octanol–water partition coefficient (Wildman–Crippen LogP) is 3.81. The summed E-state index contributed by atoms with van der Waals surface area (Å²) in [4.78, 5) is 14.2. The first kappa shape index (κ1) is 14.0. The van der Waals surface area contributed by atoms with Crippen molar-refractivity contribution in [1.29, 1.82) is 0 Å². The molecule has 0 aliphatic carbocycles. The number of benzene rings is 1. The van der Waals surface area contributed by atoms with Crippen molar-refractivity contribution < 1.29 is 9.53 Å². The van der Waals surface area contributed by atoms with Crippen LogP contribution in [0.4, 0.5) is 0 Å². The molecule has 0 atom stereocenters. The van der Waals surface area contributed by atoms with E-state index in [0.717, 1.165) is 16.9 Å². The number of ketones is 1. The maximum atomic E-state index is 12.0.